The first-order valence-electron chi connectivity index (χ1n) is 14.8. The zero-order chi connectivity index (χ0) is 39.4. The molecular weight excluding hydrogens is 745 g/mol. The van der Waals surface area contributed by atoms with E-state index in [4.69, 9.17) is 0 Å². The molecule has 284 valence electrons. The van der Waals surface area contributed by atoms with Gasteiger partial charge in [-0.15, -0.1) is 0 Å². The zero-order valence-corrected chi connectivity index (χ0v) is 26.3. The van der Waals surface area contributed by atoms with Crippen molar-refractivity contribution in [1.29, 1.82) is 0 Å². The third-order valence-corrected chi connectivity index (χ3v) is 8.08. The van der Waals surface area contributed by atoms with Crippen molar-refractivity contribution in [3.05, 3.63) is 112 Å². The maximum Gasteiger partial charge on any atom is 0.673 e. The molecule has 52 heavy (non-hydrogen) atoms. The molecule has 1 aliphatic heterocycles. The molecule has 0 amide bonds. The summed E-state index contributed by atoms with van der Waals surface area (Å²) in [7, 11) is -6.00. The number of nitrogens with zero attached hydrogens (tertiary/aromatic N) is 3. The molecule has 4 aromatic rings. The standard InChI is InChI=1S/C31H24F12N3O.BF4/c1-16(2)23-5-3-4-6-24(23)46-15-45-25(7-8-26(45)44-46)27(47,17-9-19(28(32,33)34)13-20(10-17)29(35,36)37)18-11-21(30(38,39)40)14-22(12-18)31(41,42)43;2-1(3,4)5/h3-6,9-16,25,47H,7-8H2,1-2H3;/q+1;-1/t25-;/m0./s1. The maximum atomic E-state index is 13.9. The van der Waals surface area contributed by atoms with Gasteiger partial charge in [-0.25, -0.2) is 4.57 Å². The van der Waals surface area contributed by atoms with E-state index in [0.29, 0.717) is 5.69 Å². The zero-order valence-electron chi connectivity index (χ0n) is 26.3. The van der Waals surface area contributed by atoms with Crippen LogP contribution < -0.4 is 4.57 Å². The number of para-hydroxylation sites is 1. The van der Waals surface area contributed by atoms with Crippen molar-refractivity contribution >= 4 is 7.25 Å². The van der Waals surface area contributed by atoms with Gasteiger partial charge in [0, 0.05) is 11.5 Å². The second-order valence-electron chi connectivity index (χ2n) is 12.0. The predicted molar refractivity (Wildman–Crippen MR) is 151 cm³/mol. The molecule has 0 saturated carbocycles. The maximum absolute atomic E-state index is 13.9. The van der Waals surface area contributed by atoms with E-state index in [0.717, 1.165) is 10.1 Å². The molecule has 1 N–H and O–H groups in total. The summed E-state index contributed by atoms with van der Waals surface area (Å²) < 4.78 is 208. The van der Waals surface area contributed by atoms with Crippen LogP contribution in [-0.4, -0.2) is 22.1 Å². The van der Waals surface area contributed by atoms with Gasteiger partial charge >= 0.3 is 32.0 Å². The molecule has 1 atom stereocenters. The van der Waals surface area contributed by atoms with Gasteiger partial charge in [-0.2, -0.15) is 52.7 Å². The molecule has 0 unspecified atom stereocenters. The Hall–Kier alpha value is -4.30. The van der Waals surface area contributed by atoms with E-state index < -0.39 is 77.0 Å². The van der Waals surface area contributed by atoms with Gasteiger partial charge in [0.05, 0.1) is 22.3 Å². The van der Waals surface area contributed by atoms with Crippen LogP contribution in [0.1, 0.15) is 77.0 Å². The Labute approximate surface area is 283 Å². The van der Waals surface area contributed by atoms with Crippen LogP contribution in [0.2, 0.25) is 0 Å². The van der Waals surface area contributed by atoms with Crippen molar-refractivity contribution in [3.8, 4) is 5.69 Å². The lowest BCUT2D eigenvalue weighted by atomic mass is 9.77. The van der Waals surface area contributed by atoms with Gasteiger partial charge in [-0.3, -0.25) is 0 Å². The number of fused-ring (bicyclic) bond motifs is 1. The fourth-order valence-electron chi connectivity index (χ4n) is 5.84. The van der Waals surface area contributed by atoms with E-state index in [1.807, 2.05) is 13.8 Å². The van der Waals surface area contributed by atoms with Crippen molar-refractivity contribution in [2.75, 3.05) is 0 Å². The Morgan fingerprint density at radius 2 is 1.04 bits per heavy atom. The van der Waals surface area contributed by atoms with E-state index >= 15 is 0 Å². The summed E-state index contributed by atoms with van der Waals surface area (Å²) >= 11 is 0. The Balaban J connectivity index is 0.00000113. The number of halogens is 16. The smallest absolute Gasteiger partial charge is 0.418 e. The van der Waals surface area contributed by atoms with Crippen molar-refractivity contribution in [2.24, 2.45) is 0 Å². The van der Waals surface area contributed by atoms with Gasteiger partial charge in [-0.1, -0.05) is 36.7 Å². The number of aliphatic hydroxyl groups is 1. The molecule has 0 bridgehead atoms. The highest BCUT2D eigenvalue weighted by atomic mass is 19.5. The molecule has 0 saturated heterocycles. The van der Waals surface area contributed by atoms with Crippen molar-refractivity contribution in [1.82, 2.24) is 9.78 Å². The monoisotopic (exact) mass is 769 g/mol. The molecule has 5 rings (SSSR count). The summed E-state index contributed by atoms with van der Waals surface area (Å²) in [6, 6.07) is 5.00. The van der Waals surface area contributed by atoms with Crippen molar-refractivity contribution in [2.45, 2.75) is 69.0 Å². The third kappa shape index (κ3) is 8.83. The van der Waals surface area contributed by atoms with E-state index in [2.05, 4.69) is 5.10 Å². The fraction of sp³-hybridized carbons (Fsp3) is 0.355. The number of hydrogen-bond donors (Lipinski definition) is 1. The SMILES string of the molecule is CC(C)c1ccccc1-n1c[n+]2c(n1)CC[C@H]2C(O)(c1cc(C(F)(F)F)cc(C(F)(F)F)c1)c1cc(C(F)(F)F)cc(C(F)(F)F)c1.F[B-](F)(F)F. The van der Waals surface area contributed by atoms with Crippen LogP contribution in [-0.2, 0) is 36.7 Å². The van der Waals surface area contributed by atoms with E-state index in [1.165, 1.54) is 11.0 Å². The Bertz CT molecular complexity index is 1760. The van der Waals surface area contributed by atoms with Gasteiger partial charge in [0.2, 0.25) is 6.33 Å². The second-order valence-corrected chi connectivity index (χ2v) is 12.0. The van der Waals surface area contributed by atoms with Gasteiger partial charge in [0.15, 0.2) is 0 Å². The van der Waals surface area contributed by atoms with Crippen LogP contribution in [0.15, 0.2) is 67.0 Å². The van der Waals surface area contributed by atoms with Crippen molar-refractivity contribution in [3.63, 3.8) is 0 Å². The summed E-state index contributed by atoms with van der Waals surface area (Å²) in [4.78, 5) is 0. The van der Waals surface area contributed by atoms with Crippen LogP contribution in [0.4, 0.5) is 69.9 Å². The Kier molecular flexibility index (Phi) is 10.6. The molecule has 21 heteroatoms. The third-order valence-electron chi connectivity index (χ3n) is 8.08. The van der Waals surface area contributed by atoms with Crippen LogP contribution in [0.25, 0.3) is 5.69 Å². The van der Waals surface area contributed by atoms with Gasteiger partial charge in [0.25, 0.3) is 5.82 Å². The highest BCUT2D eigenvalue weighted by Gasteiger charge is 2.52. The average Bonchev–Trinajstić information content (AvgIpc) is 3.59. The highest BCUT2D eigenvalue weighted by molar-refractivity contribution is 6.50. The molecule has 0 aliphatic carbocycles. The molecule has 4 nitrogen and oxygen atoms in total. The first-order chi connectivity index (χ1) is 23.5. The minimum absolute atomic E-state index is 0.0558. The molecule has 0 radical (unpaired) electrons. The highest BCUT2D eigenvalue weighted by Crippen LogP contribution is 2.48. The minimum atomic E-state index is -6.00. The lowest BCUT2D eigenvalue weighted by molar-refractivity contribution is -0.731. The number of aromatic nitrogens is 3. The molecule has 0 fully saturated rings. The summed E-state index contributed by atoms with van der Waals surface area (Å²) in [5.74, 6) is 0.0674. The first kappa shape index (κ1) is 40.5. The van der Waals surface area contributed by atoms with Crippen LogP contribution in [0, 0.1) is 0 Å². The lowest BCUT2D eigenvalue weighted by Crippen LogP contribution is -2.50. The van der Waals surface area contributed by atoms with E-state index in [1.54, 1.807) is 24.3 Å². The molecule has 3 aromatic carbocycles. The first-order valence-corrected chi connectivity index (χ1v) is 14.8. The average molecular weight is 769 g/mol. The second kappa shape index (κ2) is 13.6. The summed E-state index contributed by atoms with van der Waals surface area (Å²) in [5, 5.41) is 16.8. The molecule has 1 aliphatic rings. The van der Waals surface area contributed by atoms with Gasteiger partial charge < -0.3 is 22.4 Å². The number of rotatable bonds is 5. The predicted octanol–water partition coefficient (Wildman–Crippen LogP) is 10.1. The number of benzene rings is 3. The molecule has 1 aromatic heterocycles. The summed E-state index contributed by atoms with van der Waals surface area (Å²) in [6.45, 7) is 3.73. The largest absolute Gasteiger partial charge is 0.673 e. The minimum Gasteiger partial charge on any atom is -0.418 e. The number of aryl methyl sites for hydroxylation is 1. The van der Waals surface area contributed by atoms with Gasteiger partial charge in [-0.05, 0) is 71.5 Å². The topological polar surface area (TPSA) is 41.9 Å². The molecular formula is C31H24BF16N3O. The summed E-state index contributed by atoms with van der Waals surface area (Å²) in [6.07, 6.45) is -20.9. The van der Waals surface area contributed by atoms with Crippen LogP contribution >= 0.6 is 0 Å². The normalized spacial score (nSPS) is 15.8. The molecule has 2 heterocycles. The van der Waals surface area contributed by atoms with Crippen LogP contribution in [0.3, 0.4) is 0 Å². The number of alkyl halides is 12. The van der Waals surface area contributed by atoms with E-state index in [9.17, 15) is 75.1 Å². The molecule has 0 spiro atoms. The fourth-order valence-corrected chi connectivity index (χ4v) is 5.84. The Morgan fingerprint density at radius 3 is 1.40 bits per heavy atom. The van der Waals surface area contributed by atoms with Crippen LogP contribution in [0.5, 0.6) is 0 Å². The number of hydrogen-bond acceptors (Lipinski definition) is 2. The van der Waals surface area contributed by atoms with Crippen molar-refractivity contribution < 1.29 is 79.6 Å². The van der Waals surface area contributed by atoms with E-state index in [-0.39, 0.29) is 61.0 Å². The Morgan fingerprint density at radius 1 is 0.673 bits per heavy atom. The quantitative estimate of drug-likeness (QED) is 0.125. The lowest BCUT2D eigenvalue weighted by Gasteiger charge is -2.35. The van der Waals surface area contributed by atoms with Gasteiger partial charge in [0.1, 0.15) is 17.3 Å². The summed E-state index contributed by atoms with van der Waals surface area (Å²) in [5.41, 5.74) is -12.2.